The summed E-state index contributed by atoms with van der Waals surface area (Å²) in [5, 5.41) is 3.31. The molecule has 0 aromatic carbocycles. The first-order valence-electron chi connectivity index (χ1n) is 7.84. The first-order chi connectivity index (χ1) is 10.1. The summed E-state index contributed by atoms with van der Waals surface area (Å²) in [6, 6.07) is 0. The predicted octanol–water partition coefficient (Wildman–Crippen LogP) is 0.491. The standard InChI is InChI=1S/C14H28N2O4S/c1-19-12-14(5-7-15-8-6-14)11-16-21(17,18)10-13-4-2-3-9-20-13/h13,15-16H,2-12H2,1H3. The summed E-state index contributed by atoms with van der Waals surface area (Å²) in [7, 11) is -1.61. The van der Waals surface area contributed by atoms with Gasteiger partial charge in [-0.15, -0.1) is 0 Å². The lowest BCUT2D eigenvalue weighted by Gasteiger charge is -2.37. The van der Waals surface area contributed by atoms with Crippen LogP contribution >= 0.6 is 0 Å². The van der Waals surface area contributed by atoms with Gasteiger partial charge >= 0.3 is 0 Å². The van der Waals surface area contributed by atoms with Crippen LogP contribution in [-0.4, -0.2) is 60.2 Å². The van der Waals surface area contributed by atoms with Gasteiger partial charge in [0.1, 0.15) is 0 Å². The lowest BCUT2D eigenvalue weighted by atomic mass is 9.80. The van der Waals surface area contributed by atoms with Crippen LogP contribution in [0.4, 0.5) is 0 Å². The molecule has 2 saturated heterocycles. The van der Waals surface area contributed by atoms with Crippen molar-refractivity contribution in [3.8, 4) is 0 Å². The molecule has 0 bridgehead atoms. The van der Waals surface area contributed by atoms with Gasteiger partial charge < -0.3 is 14.8 Å². The Kier molecular flexibility index (Phi) is 6.43. The molecular formula is C14H28N2O4S. The second-order valence-corrected chi connectivity index (χ2v) is 8.13. The molecule has 2 heterocycles. The fourth-order valence-electron chi connectivity index (χ4n) is 3.14. The highest BCUT2D eigenvalue weighted by molar-refractivity contribution is 7.89. The number of piperidine rings is 1. The molecule has 2 aliphatic rings. The summed E-state index contributed by atoms with van der Waals surface area (Å²) < 4.78 is 38.1. The predicted molar refractivity (Wildman–Crippen MR) is 81.8 cm³/mol. The molecule has 0 aromatic heterocycles. The first-order valence-corrected chi connectivity index (χ1v) is 9.49. The van der Waals surface area contributed by atoms with Crippen LogP contribution in [0.15, 0.2) is 0 Å². The monoisotopic (exact) mass is 320 g/mol. The molecule has 7 heteroatoms. The minimum absolute atomic E-state index is 0.0777. The molecule has 6 nitrogen and oxygen atoms in total. The van der Waals surface area contributed by atoms with E-state index in [1.54, 1.807) is 7.11 Å². The Hall–Kier alpha value is -0.210. The molecule has 0 spiro atoms. The zero-order valence-corrected chi connectivity index (χ0v) is 13.7. The zero-order valence-electron chi connectivity index (χ0n) is 12.9. The van der Waals surface area contributed by atoms with Crippen molar-refractivity contribution >= 4 is 10.0 Å². The molecule has 21 heavy (non-hydrogen) atoms. The third-order valence-electron chi connectivity index (χ3n) is 4.46. The van der Waals surface area contributed by atoms with Crippen molar-refractivity contribution < 1.29 is 17.9 Å². The van der Waals surface area contributed by atoms with Crippen LogP contribution in [-0.2, 0) is 19.5 Å². The summed E-state index contributed by atoms with van der Waals surface area (Å²) >= 11 is 0. The minimum atomic E-state index is -3.29. The van der Waals surface area contributed by atoms with Crippen LogP contribution in [0.2, 0.25) is 0 Å². The molecular weight excluding hydrogens is 292 g/mol. The Balaban J connectivity index is 1.86. The molecule has 2 fully saturated rings. The van der Waals surface area contributed by atoms with Gasteiger partial charge in [-0.3, -0.25) is 0 Å². The van der Waals surface area contributed by atoms with Gasteiger partial charge in [-0.25, -0.2) is 13.1 Å². The van der Waals surface area contributed by atoms with E-state index in [2.05, 4.69) is 10.0 Å². The van der Waals surface area contributed by atoms with Crippen LogP contribution in [0.1, 0.15) is 32.1 Å². The maximum atomic E-state index is 12.2. The summed E-state index contributed by atoms with van der Waals surface area (Å²) in [5.74, 6) is 0.0777. The number of ether oxygens (including phenoxy) is 2. The van der Waals surface area contributed by atoms with Gasteiger partial charge in [0.2, 0.25) is 10.0 Å². The van der Waals surface area contributed by atoms with Crippen molar-refractivity contribution in [3.63, 3.8) is 0 Å². The molecule has 0 amide bonds. The number of rotatable bonds is 7. The molecule has 2 rings (SSSR count). The number of hydrogen-bond acceptors (Lipinski definition) is 5. The summed E-state index contributed by atoms with van der Waals surface area (Å²) in [5.41, 5.74) is -0.0828. The molecule has 124 valence electrons. The Bertz CT molecular complexity index is 396. The van der Waals surface area contributed by atoms with E-state index in [1.807, 2.05) is 0 Å². The number of sulfonamides is 1. The lowest BCUT2D eigenvalue weighted by molar-refractivity contribution is 0.0301. The third kappa shape index (κ3) is 5.49. The van der Waals surface area contributed by atoms with Crippen molar-refractivity contribution in [2.75, 3.05) is 45.7 Å². The van der Waals surface area contributed by atoms with Crippen molar-refractivity contribution in [3.05, 3.63) is 0 Å². The van der Waals surface area contributed by atoms with Gasteiger partial charge in [-0.1, -0.05) is 0 Å². The fraction of sp³-hybridized carbons (Fsp3) is 1.00. The number of nitrogens with one attached hydrogen (secondary N) is 2. The SMILES string of the molecule is COCC1(CNS(=O)(=O)CC2CCCCO2)CCNCC1. The summed E-state index contributed by atoms with van der Waals surface area (Å²) in [6.07, 6.45) is 4.65. The maximum Gasteiger partial charge on any atom is 0.214 e. The smallest absolute Gasteiger partial charge is 0.214 e. The highest BCUT2D eigenvalue weighted by Crippen LogP contribution is 2.28. The second kappa shape index (κ2) is 7.87. The van der Waals surface area contributed by atoms with Gasteiger partial charge in [0.25, 0.3) is 0 Å². The fourth-order valence-corrected chi connectivity index (χ4v) is 4.54. The highest BCUT2D eigenvalue weighted by Gasteiger charge is 2.34. The average molecular weight is 320 g/mol. The Morgan fingerprint density at radius 1 is 1.33 bits per heavy atom. The molecule has 0 aliphatic carbocycles. The normalized spacial score (nSPS) is 26.6. The number of methoxy groups -OCH3 is 1. The lowest BCUT2D eigenvalue weighted by Crippen LogP contribution is -2.48. The van der Waals surface area contributed by atoms with E-state index in [9.17, 15) is 8.42 Å². The van der Waals surface area contributed by atoms with E-state index >= 15 is 0 Å². The quantitative estimate of drug-likeness (QED) is 0.714. The van der Waals surface area contributed by atoms with E-state index < -0.39 is 10.0 Å². The van der Waals surface area contributed by atoms with Crippen LogP contribution < -0.4 is 10.0 Å². The van der Waals surface area contributed by atoms with E-state index in [1.165, 1.54) is 0 Å². The Morgan fingerprint density at radius 2 is 2.10 bits per heavy atom. The van der Waals surface area contributed by atoms with E-state index in [0.717, 1.165) is 45.2 Å². The Labute approximate surface area is 128 Å². The maximum absolute atomic E-state index is 12.2. The van der Waals surface area contributed by atoms with Gasteiger partial charge in [-0.05, 0) is 45.2 Å². The topological polar surface area (TPSA) is 76.7 Å². The molecule has 1 atom stereocenters. The van der Waals surface area contributed by atoms with Crippen LogP contribution in [0, 0.1) is 5.41 Å². The van der Waals surface area contributed by atoms with Gasteiger partial charge in [0.05, 0.1) is 18.5 Å². The van der Waals surface area contributed by atoms with Gasteiger partial charge in [-0.2, -0.15) is 0 Å². The van der Waals surface area contributed by atoms with Crippen molar-refractivity contribution in [1.82, 2.24) is 10.0 Å². The third-order valence-corrected chi connectivity index (χ3v) is 5.86. The van der Waals surface area contributed by atoms with Crippen molar-refractivity contribution in [2.45, 2.75) is 38.2 Å². The van der Waals surface area contributed by atoms with Crippen molar-refractivity contribution in [1.29, 1.82) is 0 Å². The van der Waals surface area contributed by atoms with E-state index in [4.69, 9.17) is 9.47 Å². The number of hydrogen-bond donors (Lipinski definition) is 2. The molecule has 2 aliphatic heterocycles. The van der Waals surface area contributed by atoms with E-state index in [-0.39, 0.29) is 17.3 Å². The van der Waals surface area contributed by atoms with Crippen LogP contribution in [0.3, 0.4) is 0 Å². The molecule has 0 radical (unpaired) electrons. The van der Waals surface area contributed by atoms with E-state index in [0.29, 0.717) is 19.8 Å². The second-order valence-electron chi connectivity index (χ2n) is 6.27. The van der Waals surface area contributed by atoms with Crippen molar-refractivity contribution in [2.24, 2.45) is 5.41 Å². The van der Waals surface area contributed by atoms with Gasteiger partial charge in [0, 0.05) is 25.7 Å². The Morgan fingerprint density at radius 3 is 2.71 bits per heavy atom. The minimum Gasteiger partial charge on any atom is -0.384 e. The zero-order chi connectivity index (χ0) is 15.2. The van der Waals surface area contributed by atoms with Crippen LogP contribution in [0.5, 0.6) is 0 Å². The average Bonchev–Trinajstić information content (AvgIpc) is 2.47. The van der Waals surface area contributed by atoms with Gasteiger partial charge in [0.15, 0.2) is 0 Å². The van der Waals surface area contributed by atoms with Crippen LogP contribution in [0.25, 0.3) is 0 Å². The summed E-state index contributed by atoms with van der Waals surface area (Å²) in [4.78, 5) is 0. The summed E-state index contributed by atoms with van der Waals surface area (Å²) in [6.45, 7) is 3.56. The molecule has 1 unspecified atom stereocenters. The largest absolute Gasteiger partial charge is 0.384 e. The highest BCUT2D eigenvalue weighted by atomic mass is 32.2. The molecule has 0 aromatic rings. The molecule has 2 N–H and O–H groups in total. The first kappa shape index (κ1) is 17.1. The molecule has 0 saturated carbocycles.